The predicted octanol–water partition coefficient (Wildman–Crippen LogP) is 3.87. The van der Waals surface area contributed by atoms with Crippen molar-refractivity contribution < 1.29 is 0 Å². The molecule has 0 bridgehead atoms. The maximum atomic E-state index is 4.28. The molecule has 0 spiro atoms. The number of hydrogen-bond acceptors (Lipinski definition) is 3. The molecule has 0 unspecified atom stereocenters. The molecule has 1 aromatic heterocycles. The van der Waals surface area contributed by atoms with Gasteiger partial charge in [-0.1, -0.05) is 33.9 Å². The summed E-state index contributed by atoms with van der Waals surface area (Å²) in [6, 6.07) is 2.13. The largest absolute Gasteiger partial charge is 0.401 e. The molecule has 0 fully saturated rings. The second-order valence-electron chi connectivity index (χ2n) is 5.33. The lowest BCUT2D eigenvalue weighted by Gasteiger charge is -2.37. The summed E-state index contributed by atoms with van der Waals surface area (Å²) in [5, 5.41) is 1.58. The third kappa shape index (κ3) is 2.57. The summed E-state index contributed by atoms with van der Waals surface area (Å²) in [6.45, 7) is 13.7. The smallest absolute Gasteiger partial charge is 0.153 e. The molecule has 1 heterocycles. The van der Waals surface area contributed by atoms with E-state index in [1.807, 2.05) is 6.92 Å². The Kier molecular flexibility index (Phi) is 3.06. The molecular weight excluding hydrogens is 208 g/mol. The fourth-order valence-electron chi connectivity index (χ4n) is 0.918. The number of nitrogens with one attached hydrogen (secondary N) is 1. The molecule has 0 aliphatic rings. The molecule has 0 saturated heterocycles. The highest BCUT2D eigenvalue weighted by Crippen LogP contribution is 2.37. The van der Waals surface area contributed by atoms with Crippen LogP contribution >= 0.6 is 11.5 Å². The Hall–Kier alpha value is -0.353. The van der Waals surface area contributed by atoms with Crippen molar-refractivity contribution in [1.82, 2.24) is 4.37 Å². The summed E-state index contributed by atoms with van der Waals surface area (Å²) in [5.41, 5.74) is 1.11. The van der Waals surface area contributed by atoms with E-state index in [-0.39, 0.29) is 0 Å². The number of hydrogen-bond donors (Lipinski definition) is 1. The molecule has 0 atom stereocenters. The second kappa shape index (κ2) is 3.66. The monoisotopic (exact) mass is 228 g/mol. The summed E-state index contributed by atoms with van der Waals surface area (Å²) >= 11 is 1.57. The molecule has 0 aromatic carbocycles. The molecule has 14 heavy (non-hydrogen) atoms. The Morgan fingerprint density at radius 1 is 1.36 bits per heavy atom. The van der Waals surface area contributed by atoms with Crippen LogP contribution in [0.3, 0.4) is 0 Å². The minimum absolute atomic E-state index is 0.366. The first-order valence-electron chi connectivity index (χ1n) is 4.94. The highest BCUT2D eigenvalue weighted by atomic mass is 32.1. The van der Waals surface area contributed by atoms with E-state index in [0.717, 1.165) is 5.69 Å². The topological polar surface area (TPSA) is 24.9 Å². The Labute approximate surface area is 92.0 Å². The third-order valence-corrected chi connectivity index (χ3v) is 8.56. The molecule has 0 aliphatic heterocycles. The summed E-state index contributed by atoms with van der Waals surface area (Å²) in [5.74, 6) is 0. The maximum Gasteiger partial charge on any atom is 0.153 e. The second-order valence-corrected chi connectivity index (χ2v) is 11.1. The van der Waals surface area contributed by atoms with E-state index in [9.17, 15) is 0 Å². The highest BCUT2D eigenvalue weighted by molar-refractivity contribution is 7.11. The molecule has 2 nitrogen and oxygen atoms in total. The van der Waals surface area contributed by atoms with E-state index in [1.54, 1.807) is 11.5 Å². The maximum absolute atomic E-state index is 4.28. The highest BCUT2D eigenvalue weighted by Gasteiger charge is 2.35. The van der Waals surface area contributed by atoms with Gasteiger partial charge in [0, 0.05) is 0 Å². The molecule has 1 aromatic rings. The van der Waals surface area contributed by atoms with Crippen LogP contribution in [0.1, 0.15) is 26.5 Å². The lowest BCUT2D eigenvalue weighted by molar-refractivity contribution is 0.724. The van der Waals surface area contributed by atoms with Gasteiger partial charge in [0.2, 0.25) is 0 Å². The number of nitrogens with zero attached hydrogens (tertiary/aromatic N) is 1. The van der Waals surface area contributed by atoms with Crippen LogP contribution in [0.4, 0.5) is 5.00 Å². The normalized spacial score (nSPS) is 13.0. The van der Waals surface area contributed by atoms with Crippen LogP contribution in [0.2, 0.25) is 18.1 Å². The van der Waals surface area contributed by atoms with Gasteiger partial charge in [0.25, 0.3) is 0 Å². The van der Waals surface area contributed by atoms with Gasteiger partial charge >= 0.3 is 0 Å². The van der Waals surface area contributed by atoms with Crippen molar-refractivity contribution in [1.29, 1.82) is 0 Å². The summed E-state index contributed by atoms with van der Waals surface area (Å²) < 4.78 is 4.28. The molecule has 1 rings (SSSR count). The van der Waals surface area contributed by atoms with Gasteiger partial charge in [-0.2, -0.15) is 4.37 Å². The lowest BCUT2D eigenvalue weighted by atomic mass is 10.2. The summed E-state index contributed by atoms with van der Waals surface area (Å²) in [6.07, 6.45) is 0. The van der Waals surface area contributed by atoms with Gasteiger partial charge in [-0.15, -0.1) is 0 Å². The minimum Gasteiger partial charge on any atom is -0.401 e. The molecule has 0 amide bonds. The van der Waals surface area contributed by atoms with Crippen molar-refractivity contribution in [3.63, 3.8) is 0 Å². The Balaban J connectivity index is 2.78. The zero-order valence-corrected chi connectivity index (χ0v) is 11.7. The van der Waals surface area contributed by atoms with Gasteiger partial charge < -0.3 is 4.98 Å². The van der Waals surface area contributed by atoms with Crippen molar-refractivity contribution in [2.24, 2.45) is 0 Å². The van der Waals surface area contributed by atoms with E-state index < -0.39 is 8.24 Å². The number of rotatable bonds is 2. The van der Waals surface area contributed by atoms with Gasteiger partial charge in [-0.05, 0) is 29.6 Å². The fraction of sp³-hybridized carbons (Fsp3) is 0.700. The van der Waals surface area contributed by atoms with Crippen LogP contribution in [-0.2, 0) is 0 Å². The predicted molar refractivity (Wildman–Crippen MR) is 67.7 cm³/mol. The first-order valence-corrected chi connectivity index (χ1v) is 8.71. The van der Waals surface area contributed by atoms with Gasteiger partial charge in [-0.25, -0.2) is 0 Å². The van der Waals surface area contributed by atoms with Crippen LogP contribution in [0.15, 0.2) is 6.07 Å². The molecule has 4 heteroatoms. The van der Waals surface area contributed by atoms with Gasteiger partial charge in [0.15, 0.2) is 8.24 Å². The van der Waals surface area contributed by atoms with E-state index in [0.29, 0.717) is 5.04 Å². The standard InChI is InChI=1S/C10H20N2SSi/c1-8-7-9(13-11-8)12-14(5,6)10(2,3)4/h7,12H,1-6H3. The van der Waals surface area contributed by atoms with Crippen LogP contribution in [-0.4, -0.2) is 12.6 Å². The van der Waals surface area contributed by atoms with E-state index in [1.165, 1.54) is 5.00 Å². The van der Waals surface area contributed by atoms with Crippen LogP contribution in [0.25, 0.3) is 0 Å². The Morgan fingerprint density at radius 2 is 1.93 bits per heavy atom. The first kappa shape index (κ1) is 11.7. The van der Waals surface area contributed by atoms with Crippen molar-refractivity contribution in [3.8, 4) is 0 Å². The van der Waals surface area contributed by atoms with Crippen LogP contribution in [0, 0.1) is 6.92 Å². The molecule has 0 saturated carbocycles. The minimum atomic E-state index is -1.41. The van der Waals surface area contributed by atoms with Crippen molar-refractivity contribution in [2.45, 2.75) is 45.8 Å². The molecule has 80 valence electrons. The molecule has 1 N–H and O–H groups in total. The van der Waals surface area contributed by atoms with E-state index in [2.05, 4.69) is 49.3 Å². The van der Waals surface area contributed by atoms with Crippen molar-refractivity contribution >= 4 is 24.8 Å². The Morgan fingerprint density at radius 3 is 2.29 bits per heavy atom. The average molecular weight is 228 g/mol. The van der Waals surface area contributed by atoms with E-state index in [4.69, 9.17) is 0 Å². The quantitative estimate of drug-likeness (QED) is 0.777. The van der Waals surface area contributed by atoms with Gasteiger partial charge in [-0.3, -0.25) is 0 Å². The fourth-order valence-corrected chi connectivity index (χ4v) is 3.45. The zero-order valence-electron chi connectivity index (χ0n) is 9.93. The molecule has 0 radical (unpaired) electrons. The first-order chi connectivity index (χ1) is 6.22. The number of aryl methyl sites for hydroxylation is 1. The third-order valence-electron chi connectivity index (χ3n) is 2.94. The molecule has 0 aliphatic carbocycles. The summed E-state index contributed by atoms with van der Waals surface area (Å²) in [4.78, 5) is 3.67. The Bertz CT molecular complexity index is 312. The zero-order chi connectivity index (χ0) is 11.0. The lowest BCUT2D eigenvalue weighted by Crippen LogP contribution is -2.45. The van der Waals surface area contributed by atoms with E-state index >= 15 is 0 Å². The van der Waals surface area contributed by atoms with Gasteiger partial charge in [0.1, 0.15) is 5.00 Å². The van der Waals surface area contributed by atoms with Crippen LogP contribution in [0.5, 0.6) is 0 Å². The van der Waals surface area contributed by atoms with Crippen molar-refractivity contribution in [2.75, 3.05) is 4.98 Å². The average Bonchev–Trinajstić information content (AvgIpc) is 2.31. The van der Waals surface area contributed by atoms with Crippen molar-refractivity contribution in [3.05, 3.63) is 11.8 Å². The SMILES string of the molecule is Cc1cc(N[Si](C)(C)C(C)(C)C)sn1. The van der Waals surface area contributed by atoms with Crippen LogP contribution < -0.4 is 4.98 Å². The number of aromatic nitrogens is 1. The van der Waals surface area contributed by atoms with Gasteiger partial charge in [0.05, 0.1) is 5.69 Å². The summed E-state index contributed by atoms with van der Waals surface area (Å²) in [7, 11) is -1.41. The molecular formula is C10H20N2SSi. The number of anilines is 1.